The zero-order chi connectivity index (χ0) is 18.8. The number of benzene rings is 2. The normalized spacial score (nSPS) is 16.2. The highest BCUT2D eigenvalue weighted by Gasteiger charge is 2.31. The predicted octanol–water partition coefficient (Wildman–Crippen LogP) is 3.38. The summed E-state index contributed by atoms with van der Waals surface area (Å²) in [6.07, 6.45) is -0.479. The number of methoxy groups -OCH3 is 1. The molecule has 0 N–H and O–H groups in total. The lowest BCUT2D eigenvalue weighted by Crippen LogP contribution is -2.23. The average Bonchev–Trinajstić information content (AvgIpc) is 3.11. The molecular formula is C21H17NO5. The van der Waals surface area contributed by atoms with E-state index in [-0.39, 0.29) is 6.61 Å². The summed E-state index contributed by atoms with van der Waals surface area (Å²) in [7, 11) is 1.60. The van der Waals surface area contributed by atoms with Crippen LogP contribution in [0.25, 0.3) is 22.2 Å². The van der Waals surface area contributed by atoms with Gasteiger partial charge >= 0.3 is 11.9 Å². The number of ether oxygens (including phenoxy) is 3. The second-order valence-electron chi connectivity index (χ2n) is 6.15. The molecule has 27 heavy (non-hydrogen) atoms. The lowest BCUT2D eigenvalue weighted by molar-refractivity contribution is -0.145. The Hall–Kier alpha value is -3.41. The van der Waals surface area contributed by atoms with Crippen molar-refractivity contribution < 1.29 is 23.8 Å². The van der Waals surface area contributed by atoms with E-state index in [2.05, 4.69) is 4.98 Å². The van der Waals surface area contributed by atoms with Crippen LogP contribution < -0.4 is 4.74 Å². The quantitative estimate of drug-likeness (QED) is 0.662. The SMILES string of the molecule is COc1ccc(-c2cc(C(=O)O[C@H]3CCOC3=O)c3ccccc3n2)cc1. The van der Waals surface area contributed by atoms with Gasteiger partial charge < -0.3 is 14.2 Å². The monoisotopic (exact) mass is 363 g/mol. The molecule has 0 unspecified atom stereocenters. The van der Waals surface area contributed by atoms with E-state index < -0.39 is 18.0 Å². The summed E-state index contributed by atoms with van der Waals surface area (Å²) < 4.78 is 15.4. The largest absolute Gasteiger partial charge is 0.497 e. The molecule has 0 radical (unpaired) electrons. The summed E-state index contributed by atoms with van der Waals surface area (Å²) in [5.74, 6) is -0.330. The number of para-hydroxylation sites is 1. The summed E-state index contributed by atoms with van der Waals surface area (Å²) in [4.78, 5) is 29.0. The topological polar surface area (TPSA) is 74.7 Å². The molecule has 136 valence electrons. The summed E-state index contributed by atoms with van der Waals surface area (Å²) in [5.41, 5.74) is 2.52. The summed E-state index contributed by atoms with van der Waals surface area (Å²) in [6.45, 7) is 0.269. The van der Waals surface area contributed by atoms with Crippen molar-refractivity contribution in [2.45, 2.75) is 12.5 Å². The lowest BCUT2D eigenvalue weighted by Gasteiger charge is -2.12. The molecule has 0 saturated carbocycles. The second-order valence-corrected chi connectivity index (χ2v) is 6.15. The van der Waals surface area contributed by atoms with Crippen LogP contribution in [0.15, 0.2) is 54.6 Å². The zero-order valence-electron chi connectivity index (χ0n) is 14.7. The third-order valence-corrected chi connectivity index (χ3v) is 4.46. The van der Waals surface area contributed by atoms with Gasteiger partial charge in [-0.25, -0.2) is 14.6 Å². The summed E-state index contributed by atoms with van der Waals surface area (Å²) >= 11 is 0. The van der Waals surface area contributed by atoms with Crippen molar-refractivity contribution in [2.24, 2.45) is 0 Å². The van der Waals surface area contributed by atoms with E-state index in [1.54, 1.807) is 13.2 Å². The van der Waals surface area contributed by atoms with Gasteiger partial charge in [-0.1, -0.05) is 18.2 Å². The van der Waals surface area contributed by atoms with Gasteiger partial charge in [0.05, 0.1) is 30.5 Å². The molecule has 3 aromatic rings. The molecule has 1 aliphatic rings. The molecule has 2 heterocycles. The third-order valence-electron chi connectivity index (χ3n) is 4.46. The van der Waals surface area contributed by atoms with Gasteiger partial charge in [0.1, 0.15) is 5.75 Å². The molecule has 0 bridgehead atoms. The standard InChI is InChI=1S/C21H17NO5/c1-25-14-8-6-13(7-9-14)18-12-16(15-4-2-3-5-17(15)22-18)20(23)27-19-10-11-26-21(19)24/h2-9,12,19H,10-11H2,1H3/t19-/m0/s1. The zero-order valence-corrected chi connectivity index (χ0v) is 14.7. The Kier molecular flexibility index (Phi) is 4.46. The number of pyridine rings is 1. The highest BCUT2D eigenvalue weighted by atomic mass is 16.6. The number of cyclic esters (lactones) is 1. The lowest BCUT2D eigenvalue weighted by atomic mass is 10.0. The van der Waals surface area contributed by atoms with Crippen LogP contribution in [-0.2, 0) is 14.3 Å². The number of hydrogen-bond donors (Lipinski definition) is 0. The Bertz CT molecular complexity index is 1010. The van der Waals surface area contributed by atoms with E-state index >= 15 is 0 Å². The minimum Gasteiger partial charge on any atom is -0.497 e. The minimum absolute atomic E-state index is 0.269. The number of carbonyl (C=O) groups excluding carboxylic acids is 2. The fourth-order valence-corrected chi connectivity index (χ4v) is 3.03. The van der Waals surface area contributed by atoms with Crippen LogP contribution in [0, 0.1) is 0 Å². The molecular weight excluding hydrogens is 346 g/mol. The van der Waals surface area contributed by atoms with Crippen LogP contribution in [-0.4, -0.2) is 36.7 Å². The maximum atomic E-state index is 12.8. The first-order valence-electron chi connectivity index (χ1n) is 8.57. The molecule has 1 saturated heterocycles. The molecule has 1 fully saturated rings. The van der Waals surface area contributed by atoms with Crippen LogP contribution in [0.2, 0.25) is 0 Å². The molecule has 1 aromatic heterocycles. The Morgan fingerprint density at radius 3 is 2.63 bits per heavy atom. The first kappa shape index (κ1) is 17.0. The fourth-order valence-electron chi connectivity index (χ4n) is 3.03. The Balaban J connectivity index is 1.76. The van der Waals surface area contributed by atoms with E-state index in [1.807, 2.05) is 48.5 Å². The van der Waals surface area contributed by atoms with Gasteiger partial charge in [-0.05, 0) is 36.4 Å². The minimum atomic E-state index is -0.853. The highest BCUT2D eigenvalue weighted by molar-refractivity contribution is 6.05. The molecule has 0 aliphatic carbocycles. The molecule has 6 nitrogen and oxygen atoms in total. The molecule has 4 rings (SSSR count). The molecule has 0 spiro atoms. The first-order valence-corrected chi connectivity index (χ1v) is 8.57. The summed E-state index contributed by atoms with van der Waals surface area (Å²) in [6, 6.07) is 16.4. The highest BCUT2D eigenvalue weighted by Crippen LogP contribution is 2.27. The van der Waals surface area contributed by atoms with Gasteiger partial charge in [0.25, 0.3) is 0 Å². The van der Waals surface area contributed by atoms with Gasteiger partial charge in [-0.3, -0.25) is 0 Å². The van der Waals surface area contributed by atoms with Gasteiger partial charge in [-0.15, -0.1) is 0 Å². The van der Waals surface area contributed by atoms with Crippen molar-refractivity contribution in [1.29, 1.82) is 0 Å². The van der Waals surface area contributed by atoms with E-state index in [0.29, 0.717) is 28.6 Å². The van der Waals surface area contributed by atoms with Crippen molar-refractivity contribution in [1.82, 2.24) is 4.98 Å². The van der Waals surface area contributed by atoms with Crippen LogP contribution in [0.3, 0.4) is 0 Å². The van der Waals surface area contributed by atoms with Crippen LogP contribution >= 0.6 is 0 Å². The Labute approximate surface area is 155 Å². The van der Waals surface area contributed by atoms with Crippen molar-refractivity contribution in [3.8, 4) is 17.0 Å². The van der Waals surface area contributed by atoms with Crippen LogP contribution in [0.4, 0.5) is 0 Å². The molecule has 6 heteroatoms. The van der Waals surface area contributed by atoms with Crippen molar-refractivity contribution in [2.75, 3.05) is 13.7 Å². The van der Waals surface area contributed by atoms with Gasteiger partial charge in [0.2, 0.25) is 6.10 Å². The predicted molar refractivity (Wildman–Crippen MR) is 98.5 cm³/mol. The number of fused-ring (bicyclic) bond motifs is 1. The van der Waals surface area contributed by atoms with Gasteiger partial charge in [0, 0.05) is 17.4 Å². The summed E-state index contributed by atoms with van der Waals surface area (Å²) in [5, 5.41) is 0.672. The van der Waals surface area contributed by atoms with E-state index in [0.717, 1.165) is 11.3 Å². The number of aromatic nitrogens is 1. The molecule has 1 atom stereocenters. The maximum Gasteiger partial charge on any atom is 0.347 e. The van der Waals surface area contributed by atoms with E-state index in [9.17, 15) is 9.59 Å². The number of rotatable bonds is 4. The smallest absolute Gasteiger partial charge is 0.347 e. The number of esters is 2. The van der Waals surface area contributed by atoms with Crippen LogP contribution in [0.1, 0.15) is 16.8 Å². The number of hydrogen-bond acceptors (Lipinski definition) is 6. The van der Waals surface area contributed by atoms with Crippen LogP contribution in [0.5, 0.6) is 5.75 Å². The molecule has 2 aromatic carbocycles. The van der Waals surface area contributed by atoms with Gasteiger partial charge in [-0.2, -0.15) is 0 Å². The second kappa shape index (κ2) is 7.07. The first-order chi connectivity index (χ1) is 13.2. The average molecular weight is 363 g/mol. The van der Waals surface area contributed by atoms with E-state index in [1.165, 1.54) is 0 Å². The van der Waals surface area contributed by atoms with Crippen molar-refractivity contribution in [3.63, 3.8) is 0 Å². The fraction of sp³-hybridized carbons (Fsp3) is 0.190. The number of nitrogens with zero attached hydrogens (tertiary/aromatic N) is 1. The van der Waals surface area contributed by atoms with Crippen molar-refractivity contribution >= 4 is 22.8 Å². The Morgan fingerprint density at radius 1 is 1.15 bits per heavy atom. The van der Waals surface area contributed by atoms with E-state index in [4.69, 9.17) is 14.2 Å². The van der Waals surface area contributed by atoms with Crippen molar-refractivity contribution in [3.05, 3.63) is 60.2 Å². The molecule has 0 amide bonds. The Morgan fingerprint density at radius 2 is 1.93 bits per heavy atom. The number of carbonyl (C=O) groups is 2. The maximum absolute atomic E-state index is 12.8. The molecule has 1 aliphatic heterocycles. The van der Waals surface area contributed by atoms with Gasteiger partial charge in [0.15, 0.2) is 0 Å². The third kappa shape index (κ3) is 3.33.